The quantitative estimate of drug-likeness (QED) is 0.437. The fraction of sp³-hybridized carbons (Fsp3) is 0.333. The molecule has 4 aromatic rings. The summed E-state index contributed by atoms with van der Waals surface area (Å²) in [7, 11) is 1.37. The average molecular weight is 431 g/mol. The third kappa shape index (κ3) is 3.62. The molecule has 3 aromatic heterocycles. The van der Waals surface area contributed by atoms with Crippen molar-refractivity contribution in [2.45, 2.75) is 39.3 Å². The van der Waals surface area contributed by atoms with Crippen LogP contribution in [0.5, 0.6) is 0 Å². The number of benzene rings is 1. The van der Waals surface area contributed by atoms with Crippen LogP contribution in [0.25, 0.3) is 22.4 Å². The fourth-order valence-corrected chi connectivity index (χ4v) is 4.36. The summed E-state index contributed by atoms with van der Waals surface area (Å²) in [6.45, 7) is 5.58. The minimum atomic E-state index is -0.388. The highest BCUT2D eigenvalue weighted by atomic mass is 16.5. The average Bonchev–Trinajstić information content (AvgIpc) is 3.52. The fourth-order valence-electron chi connectivity index (χ4n) is 4.36. The molecule has 0 saturated carbocycles. The zero-order valence-corrected chi connectivity index (χ0v) is 18.4. The first-order valence-corrected chi connectivity index (χ1v) is 10.8. The van der Waals surface area contributed by atoms with Crippen LogP contribution < -0.4 is 4.90 Å². The van der Waals surface area contributed by atoms with E-state index in [-0.39, 0.29) is 5.97 Å². The van der Waals surface area contributed by atoms with Crippen LogP contribution in [0.2, 0.25) is 0 Å². The molecule has 1 aromatic carbocycles. The van der Waals surface area contributed by atoms with Crippen molar-refractivity contribution in [2.75, 3.05) is 18.6 Å². The Balaban J connectivity index is 1.58. The number of hydrogen-bond donors (Lipinski definition) is 0. The third-order valence-corrected chi connectivity index (χ3v) is 6.01. The van der Waals surface area contributed by atoms with Gasteiger partial charge in [0.25, 0.3) is 0 Å². The van der Waals surface area contributed by atoms with E-state index in [1.807, 2.05) is 19.2 Å². The summed E-state index contributed by atoms with van der Waals surface area (Å²) in [6, 6.07) is 10.0. The Morgan fingerprint density at radius 1 is 1.25 bits per heavy atom. The molecule has 1 aliphatic rings. The summed E-state index contributed by atoms with van der Waals surface area (Å²) in [5, 5.41) is 0. The van der Waals surface area contributed by atoms with Gasteiger partial charge in [-0.05, 0) is 50.1 Å². The maximum atomic E-state index is 12.0. The van der Waals surface area contributed by atoms with E-state index in [1.54, 1.807) is 18.4 Å². The Labute approximate surface area is 185 Å². The van der Waals surface area contributed by atoms with Crippen molar-refractivity contribution >= 4 is 22.8 Å². The van der Waals surface area contributed by atoms with Crippen LogP contribution in [0.3, 0.4) is 0 Å². The van der Waals surface area contributed by atoms with Crippen molar-refractivity contribution in [3.63, 3.8) is 0 Å². The first kappa shape index (κ1) is 20.2. The first-order valence-electron chi connectivity index (χ1n) is 10.8. The highest BCUT2D eigenvalue weighted by Gasteiger charge is 2.22. The zero-order valence-electron chi connectivity index (χ0n) is 18.4. The SMILES string of the molecule is COC(=O)c1ccc2c(c1)nc(-c1ccc(N3CCCC3C)nc1)n2Cc1coc(C)n1. The summed E-state index contributed by atoms with van der Waals surface area (Å²) < 4.78 is 12.3. The minimum absolute atomic E-state index is 0.388. The topological polar surface area (TPSA) is 86.3 Å². The summed E-state index contributed by atoms with van der Waals surface area (Å²) in [5.74, 6) is 1.98. The van der Waals surface area contributed by atoms with E-state index in [4.69, 9.17) is 19.1 Å². The molecule has 8 heteroatoms. The van der Waals surface area contributed by atoms with Crippen molar-refractivity contribution in [1.82, 2.24) is 19.5 Å². The molecule has 0 bridgehead atoms. The molecule has 164 valence electrons. The highest BCUT2D eigenvalue weighted by Crippen LogP contribution is 2.29. The molecule has 32 heavy (non-hydrogen) atoms. The van der Waals surface area contributed by atoms with Crippen LogP contribution >= 0.6 is 0 Å². The molecule has 8 nitrogen and oxygen atoms in total. The predicted molar refractivity (Wildman–Crippen MR) is 121 cm³/mol. The number of fused-ring (bicyclic) bond motifs is 1. The first-order chi connectivity index (χ1) is 15.5. The number of pyridine rings is 1. The van der Waals surface area contributed by atoms with Gasteiger partial charge in [-0.25, -0.2) is 19.7 Å². The number of aryl methyl sites for hydroxylation is 1. The number of aromatic nitrogens is 4. The van der Waals surface area contributed by atoms with Crippen molar-refractivity contribution < 1.29 is 13.9 Å². The van der Waals surface area contributed by atoms with Gasteiger partial charge in [0.2, 0.25) is 0 Å². The standard InChI is InChI=1S/C24H25N5O3/c1-15-5-4-10-28(15)22-9-7-18(12-25-22)23-27-20-11-17(24(30)31-3)6-8-21(20)29(23)13-19-14-32-16(2)26-19/h6-9,11-12,14-15H,4-5,10,13H2,1-3H3. The van der Waals surface area contributed by atoms with Crippen LogP contribution in [-0.4, -0.2) is 45.2 Å². The lowest BCUT2D eigenvalue weighted by Gasteiger charge is -2.22. The number of esters is 1. The Hall–Kier alpha value is -3.68. The second-order valence-electron chi connectivity index (χ2n) is 8.16. The number of rotatable bonds is 5. The van der Waals surface area contributed by atoms with Gasteiger partial charge in [0, 0.05) is 31.3 Å². The van der Waals surface area contributed by atoms with Gasteiger partial charge in [0.05, 0.1) is 35.9 Å². The normalized spacial score (nSPS) is 16.1. The van der Waals surface area contributed by atoms with E-state index < -0.39 is 0 Å². The molecule has 0 N–H and O–H groups in total. The lowest BCUT2D eigenvalue weighted by molar-refractivity contribution is 0.0601. The number of carbonyl (C=O) groups is 1. The van der Waals surface area contributed by atoms with Gasteiger partial charge in [-0.1, -0.05) is 0 Å². The van der Waals surface area contributed by atoms with E-state index in [9.17, 15) is 4.79 Å². The van der Waals surface area contributed by atoms with Gasteiger partial charge in [-0.3, -0.25) is 0 Å². The molecular weight excluding hydrogens is 406 g/mol. The Bertz CT molecular complexity index is 1270. The van der Waals surface area contributed by atoms with Crippen LogP contribution in [0.1, 0.15) is 41.7 Å². The van der Waals surface area contributed by atoms with Crippen molar-refractivity contribution in [1.29, 1.82) is 0 Å². The zero-order chi connectivity index (χ0) is 22.2. The van der Waals surface area contributed by atoms with E-state index >= 15 is 0 Å². The predicted octanol–water partition coefficient (Wildman–Crippen LogP) is 4.22. The number of methoxy groups -OCH3 is 1. The molecular formula is C24H25N5O3. The van der Waals surface area contributed by atoms with Crippen molar-refractivity contribution in [3.05, 3.63) is 59.9 Å². The number of imidazole rings is 1. The summed E-state index contributed by atoms with van der Waals surface area (Å²) in [6.07, 6.45) is 5.91. The molecule has 1 atom stereocenters. The number of nitrogens with zero attached hydrogens (tertiary/aromatic N) is 5. The number of carbonyl (C=O) groups excluding carboxylic acids is 1. The van der Waals surface area contributed by atoms with E-state index in [0.717, 1.165) is 35.0 Å². The van der Waals surface area contributed by atoms with Gasteiger partial charge >= 0.3 is 5.97 Å². The monoisotopic (exact) mass is 431 g/mol. The Kier molecular flexibility index (Phi) is 5.13. The van der Waals surface area contributed by atoms with Gasteiger partial charge < -0.3 is 18.6 Å². The molecule has 1 unspecified atom stereocenters. The maximum absolute atomic E-state index is 12.0. The van der Waals surface area contributed by atoms with E-state index in [1.165, 1.54) is 20.0 Å². The molecule has 5 rings (SSSR count). The minimum Gasteiger partial charge on any atom is -0.465 e. The molecule has 0 amide bonds. The van der Waals surface area contributed by atoms with Crippen molar-refractivity contribution in [2.24, 2.45) is 0 Å². The molecule has 0 spiro atoms. The number of ether oxygens (including phenoxy) is 1. The van der Waals surface area contributed by atoms with E-state index in [0.29, 0.717) is 29.6 Å². The van der Waals surface area contributed by atoms with Crippen LogP contribution in [0.15, 0.2) is 47.2 Å². The number of oxazole rings is 1. The van der Waals surface area contributed by atoms with E-state index in [2.05, 4.69) is 33.5 Å². The van der Waals surface area contributed by atoms with Gasteiger partial charge in [-0.15, -0.1) is 0 Å². The smallest absolute Gasteiger partial charge is 0.337 e. The molecule has 0 radical (unpaired) electrons. The van der Waals surface area contributed by atoms with Gasteiger partial charge in [-0.2, -0.15) is 0 Å². The molecule has 0 aliphatic carbocycles. The molecule has 1 aliphatic heterocycles. The molecule has 1 saturated heterocycles. The van der Waals surface area contributed by atoms with Gasteiger partial charge in [0.1, 0.15) is 17.9 Å². The highest BCUT2D eigenvalue weighted by molar-refractivity contribution is 5.94. The van der Waals surface area contributed by atoms with Crippen LogP contribution in [0, 0.1) is 6.92 Å². The second-order valence-corrected chi connectivity index (χ2v) is 8.16. The number of anilines is 1. The summed E-state index contributed by atoms with van der Waals surface area (Å²) >= 11 is 0. The van der Waals surface area contributed by atoms with Crippen LogP contribution in [0.4, 0.5) is 5.82 Å². The lowest BCUT2D eigenvalue weighted by atomic mass is 10.2. The van der Waals surface area contributed by atoms with Crippen molar-refractivity contribution in [3.8, 4) is 11.4 Å². The largest absolute Gasteiger partial charge is 0.465 e. The second kappa shape index (κ2) is 8.11. The maximum Gasteiger partial charge on any atom is 0.337 e. The summed E-state index contributed by atoms with van der Waals surface area (Å²) in [5.41, 5.74) is 3.77. The Morgan fingerprint density at radius 3 is 2.78 bits per heavy atom. The lowest BCUT2D eigenvalue weighted by Crippen LogP contribution is -2.26. The van der Waals surface area contributed by atoms with Crippen LogP contribution in [-0.2, 0) is 11.3 Å². The summed E-state index contributed by atoms with van der Waals surface area (Å²) in [4.78, 5) is 28.4. The Morgan fingerprint density at radius 2 is 2.12 bits per heavy atom. The number of hydrogen-bond acceptors (Lipinski definition) is 7. The van der Waals surface area contributed by atoms with Gasteiger partial charge in [0.15, 0.2) is 5.89 Å². The molecule has 4 heterocycles. The third-order valence-electron chi connectivity index (χ3n) is 6.01. The molecule has 1 fully saturated rings.